The molecule has 0 heterocycles. The van der Waals surface area contributed by atoms with Gasteiger partial charge in [0.1, 0.15) is 5.88 Å². The summed E-state index contributed by atoms with van der Waals surface area (Å²) in [6, 6.07) is 7.75. The topological polar surface area (TPSA) is 58.2 Å². The lowest BCUT2D eigenvalue weighted by Crippen LogP contribution is -2.28. The van der Waals surface area contributed by atoms with Crippen molar-refractivity contribution in [2.75, 3.05) is 17.7 Å². The maximum absolute atomic E-state index is 11.6. The van der Waals surface area contributed by atoms with E-state index >= 15 is 0 Å². The molecule has 0 spiro atoms. The molecule has 19 heavy (non-hydrogen) atoms. The molecule has 0 saturated heterocycles. The van der Waals surface area contributed by atoms with Crippen LogP contribution in [-0.4, -0.2) is 24.2 Å². The SMILES string of the molecule is CC(C)c1ccc(NC(=O)CCNC(=O)CCl)cc1. The fraction of sp³-hybridized carbons (Fsp3) is 0.429. The van der Waals surface area contributed by atoms with Gasteiger partial charge in [0, 0.05) is 18.7 Å². The van der Waals surface area contributed by atoms with Crippen LogP contribution in [-0.2, 0) is 9.59 Å². The minimum absolute atomic E-state index is 0.0850. The van der Waals surface area contributed by atoms with Crippen molar-refractivity contribution in [3.63, 3.8) is 0 Å². The van der Waals surface area contributed by atoms with Crippen molar-refractivity contribution in [2.24, 2.45) is 0 Å². The van der Waals surface area contributed by atoms with Crippen LogP contribution in [0.1, 0.15) is 31.7 Å². The molecular formula is C14H19ClN2O2. The quantitative estimate of drug-likeness (QED) is 0.788. The molecule has 104 valence electrons. The van der Waals surface area contributed by atoms with Crippen molar-refractivity contribution >= 4 is 29.1 Å². The zero-order chi connectivity index (χ0) is 14.3. The minimum Gasteiger partial charge on any atom is -0.355 e. The molecule has 0 aliphatic carbocycles. The number of amides is 2. The van der Waals surface area contributed by atoms with Gasteiger partial charge in [-0.1, -0.05) is 26.0 Å². The number of carbonyl (C=O) groups is 2. The van der Waals surface area contributed by atoms with Gasteiger partial charge in [0.15, 0.2) is 0 Å². The second kappa shape index (κ2) is 7.79. The molecule has 0 aromatic heterocycles. The average molecular weight is 283 g/mol. The Bertz CT molecular complexity index is 430. The first-order valence-corrected chi connectivity index (χ1v) is 6.79. The van der Waals surface area contributed by atoms with Gasteiger partial charge in [0.05, 0.1) is 0 Å². The van der Waals surface area contributed by atoms with E-state index in [1.807, 2.05) is 24.3 Å². The van der Waals surface area contributed by atoms with Gasteiger partial charge >= 0.3 is 0 Å². The third-order valence-electron chi connectivity index (χ3n) is 2.66. The van der Waals surface area contributed by atoms with E-state index in [-0.39, 0.29) is 24.1 Å². The molecule has 0 aliphatic heterocycles. The van der Waals surface area contributed by atoms with Gasteiger partial charge < -0.3 is 10.6 Å². The second-order valence-electron chi connectivity index (χ2n) is 4.56. The molecule has 0 radical (unpaired) electrons. The molecule has 0 fully saturated rings. The first kappa shape index (κ1) is 15.5. The standard InChI is InChI=1S/C14H19ClN2O2/c1-10(2)11-3-5-12(6-4-11)17-13(18)7-8-16-14(19)9-15/h3-6,10H,7-9H2,1-2H3,(H,16,19)(H,17,18). The highest BCUT2D eigenvalue weighted by molar-refractivity contribution is 6.27. The van der Waals surface area contributed by atoms with E-state index in [1.165, 1.54) is 5.56 Å². The van der Waals surface area contributed by atoms with Crippen molar-refractivity contribution in [3.8, 4) is 0 Å². The second-order valence-corrected chi connectivity index (χ2v) is 4.83. The summed E-state index contributed by atoms with van der Waals surface area (Å²) in [5.74, 6) is -0.0170. The largest absolute Gasteiger partial charge is 0.355 e. The maximum atomic E-state index is 11.6. The number of anilines is 1. The molecule has 5 heteroatoms. The number of rotatable bonds is 6. The summed E-state index contributed by atoms with van der Waals surface area (Å²) in [7, 11) is 0. The lowest BCUT2D eigenvalue weighted by atomic mass is 10.0. The molecule has 0 unspecified atom stereocenters. The van der Waals surface area contributed by atoms with Crippen molar-refractivity contribution in [1.29, 1.82) is 0 Å². The van der Waals surface area contributed by atoms with E-state index < -0.39 is 0 Å². The average Bonchev–Trinajstić information content (AvgIpc) is 2.39. The fourth-order valence-corrected chi connectivity index (χ4v) is 1.63. The Morgan fingerprint density at radius 1 is 1.16 bits per heavy atom. The van der Waals surface area contributed by atoms with Crippen molar-refractivity contribution in [1.82, 2.24) is 5.32 Å². The zero-order valence-electron chi connectivity index (χ0n) is 11.2. The van der Waals surface area contributed by atoms with E-state index in [1.54, 1.807) is 0 Å². The predicted molar refractivity (Wildman–Crippen MR) is 77.5 cm³/mol. The number of carbonyl (C=O) groups excluding carboxylic acids is 2. The number of benzene rings is 1. The summed E-state index contributed by atoms with van der Waals surface area (Å²) in [4.78, 5) is 22.5. The van der Waals surface area contributed by atoms with Gasteiger partial charge in [-0.25, -0.2) is 0 Å². The smallest absolute Gasteiger partial charge is 0.234 e. The molecule has 0 aliphatic rings. The van der Waals surface area contributed by atoms with E-state index in [0.29, 0.717) is 12.5 Å². The van der Waals surface area contributed by atoms with Gasteiger partial charge in [-0.05, 0) is 23.6 Å². The van der Waals surface area contributed by atoms with Gasteiger partial charge in [-0.2, -0.15) is 0 Å². The van der Waals surface area contributed by atoms with Crippen molar-refractivity contribution in [2.45, 2.75) is 26.2 Å². The van der Waals surface area contributed by atoms with E-state index in [2.05, 4.69) is 24.5 Å². The highest BCUT2D eigenvalue weighted by Gasteiger charge is 2.04. The molecule has 0 saturated carbocycles. The van der Waals surface area contributed by atoms with Crippen LogP contribution in [0.2, 0.25) is 0 Å². The molecule has 4 nitrogen and oxygen atoms in total. The Kier molecular flexibility index (Phi) is 6.36. The Hall–Kier alpha value is -1.55. The van der Waals surface area contributed by atoms with Crippen LogP contribution in [0.15, 0.2) is 24.3 Å². The highest BCUT2D eigenvalue weighted by atomic mass is 35.5. The number of alkyl halides is 1. The summed E-state index contributed by atoms with van der Waals surface area (Å²) in [6.45, 7) is 4.53. The monoisotopic (exact) mass is 282 g/mol. The number of hydrogen-bond donors (Lipinski definition) is 2. The maximum Gasteiger partial charge on any atom is 0.234 e. The summed E-state index contributed by atoms with van der Waals surface area (Å²) in [5.41, 5.74) is 1.99. The third-order valence-corrected chi connectivity index (χ3v) is 2.90. The Morgan fingerprint density at radius 2 is 1.79 bits per heavy atom. The van der Waals surface area contributed by atoms with Gasteiger partial charge in [0.25, 0.3) is 0 Å². The molecule has 2 N–H and O–H groups in total. The van der Waals surface area contributed by atoms with Crippen LogP contribution < -0.4 is 10.6 Å². The van der Waals surface area contributed by atoms with Crippen molar-refractivity contribution < 1.29 is 9.59 Å². The van der Waals surface area contributed by atoms with Crippen molar-refractivity contribution in [3.05, 3.63) is 29.8 Å². The fourth-order valence-electron chi connectivity index (χ4n) is 1.54. The lowest BCUT2D eigenvalue weighted by molar-refractivity contribution is -0.119. The van der Waals surface area contributed by atoms with Crippen LogP contribution >= 0.6 is 11.6 Å². The summed E-state index contributed by atoms with van der Waals surface area (Å²) in [6.07, 6.45) is 0.231. The van der Waals surface area contributed by atoms with E-state index in [4.69, 9.17) is 11.6 Å². The Morgan fingerprint density at radius 3 is 2.32 bits per heavy atom. The van der Waals surface area contributed by atoms with Gasteiger partial charge in [-0.15, -0.1) is 11.6 Å². The third kappa shape index (κ3) is 5.75. The summed E-state index contributed by atoms with van der Waals surface area (Å²) >= 11 is 5.32. The molecule has 1 rings (SSSR count). The van der Waals surface area contributed by atoms with E-state index in [9.17, 15) is 9.59 Å². The molecule has 0 atom stereocenters. The molecular weight excluding hydrogens is 264 g/mol. The van der Waals surface area contributed by atoms with Crippen LogP contribution in [0.3, 0.4) is 0 Å². The number of hydrogen-bond acceptors (Lipinski definition) is 2. The van der Waals surface area contributed by atoms with Gasteiger partial charge in [-0.3, -0.25) is 9.59 Å². The molecule has 0 bridgehead atoms. The normalized spacial score (nSPS) is 10.3. The molecule has 1 aromatic rings. The molecule has 1 aromatic carbocycles. The highest BCUT2D eigenvalue weighted by Crippen LogP contribution is 2.17. The van der Waals surface area contributed by atoms with Crippen LogP contribution in [0.5, 0.6) is 0 Å². The minimum atomic E-state index is -0.268. The Labute approximate surface area is 118 Å². The first-order valence-electron chi connectivity index (χ1n) is 6.25. The zero-order valence-corrected chi connectivity index (χ0v) is 12.0. The van der Waals surface area contributed by atoms with Crippen LogP contribution in [0.4, 0.5) is 5.69 Å². The summed E-state index contributed by atoms with van der Waals surface area (Å²) < 4.78 is 0. The first-order chi connectivity index (χ1) is 9.02. The summed E-state index contributed by atoms with van der Waals surface area (Å²) in [5, 5.41) is 5.32. The lowest BCUT2D eigenvalue weighted by Gasteiger charge is -2.08. The van der Waals surface area contributed by atoms with Gasteiger partial charge in [0.2, 0.25) is 11.8 Å². The number of nitrogens with one attached hydrogen (secondary N) is 2. The van der Waals surface area contributed by atoms with Crippen LogP contribution in [0.25, 0.3) is 0 Å². The Balaban J connectivity index is 2.38. The van der Waals surface area contributed by atoms with Crippen LogP contribution in [0, 0.1) is 0 Å². The van der Waals surface area contributed by atoms with E-state index in [0.717, 1.165) is 5.69 Å². The predicted octanol–water partition coefficient (Wildman–Crippen LogP) is 2.49. The molecule has 2 amide bonds. The number of halogens is 1.